The summed E-state index contributed by atoms with van der Waals surface area (Å²) in [6, 6.07) is 9.94. The molecular weight excluding hydrogens is 308 g/mol. The number of carbonyl (C=O) groups excluding carboxylic acids is 2. The minimum Gasteiger partial charge on any atom is -0.439 e. The lowest BCUT2D eigenvalue weighted by Gasteiger charge is -2.05. The molecule has 3 rings (SSSR count). The Morgan fingerprint density at radius 2 is 1.86 bits per heavy atom. The number of imide groups is 1. The average molecular weight is 317 g/mol. The summed E-state index contributed by atoms with van der Waals surface area (Å²) in [5, 5.41) is 4.41. The van der Waals surface area contributed by atoms with Gasteiger partial charge in [-0.2, -0.15) is 4.98 Å². The van der Waals surface area contributed by atoms with Gasteiger partial charge in [0.1, 0.15) is 11.4 Å². The quantitative estimate of drug-likeness (QED) is 0.514. The van der Waals surface area contributed by atoms with Gasteiger partial charge in [-0.1, -0.05) is 18.2 Å². The van der Waals surface area contributed by atoms with E-state index >= 15 is 0 Å². The molecule has 8 heteroatoms. The van der Waals surface area contributed by atoms with E-state index in [0.29, 0.717) is 11.4 Å². The van der Waals surface area contributed by atoms with Crippen molar-refractivity contribution in [1.29, 1.82) is 0 Å². The summed E-state index contributed by atoms with van der Waals surface area (Å²) in [6.45, 7) is 0. The molecule has 110 valence electrons. The van der Waals surface area contributed by atoms with Crippen molar-refractivity contribution >= 4 is 29.6 Å². The fourth-order valence-electron chi connectivity index (χ4n) is 1.78. The zero-order valence-electron chi connectivity index (χ0n) is 11.0. The van der Waals surface area contributed by atoms with E-state index in [1.165, 1.54) is 12.1 Å². The molecule has 3 amide bonds. The molecule has 0 spiro atoms. The number of urea groups is 1. The normalized spacial score (nSPS) is 15.6. The van der Waals surface area contributed by atoms with E-state index in [9.17, 15) is 9.59 Å². The minimum atomic E-state index is -0.586. The highest BCUT2D eigenvalue weighted by Gasteiger charge is 2.23. The molecule has 2 N–H and O–H groups in total. The Bertz CT molecular complexity index is 777. The van der Waals surface area contributed by atoms with Crippen LogP contribution in [0.5, 0.6) is 11.6 Å². The molecule has 1 aliphatic rings. The van der Waals surface area contributed by atoms with Gasteiger partial charge in [-0.25, -0.2) is 9.78 Å². The standard InChI is InChI=1S/C14H9ClN4O3/c15-13-16-8(6-10-12(20)19-14(21)17-10)7-11(18-13)22-9-4-2-1-3-5-9/h1-7H,(H2,17,19,20,21)/b10-6+. The van der Waals surface area contributed by atoms with Gasteiger partial charge in [0.15, 0.2) is 0 Å². The van der Waals surface area contributed by atoms with E-state index in [4.69, 9.17) is 16.3 Å². The number of halogens is 1. The van der Waals surface area contributed by atoms with Gasteiger partial charge in [0.25, 0.3) is 5.91 Å². The third kappa shape index (κ3) is 3.21. The Hall–Kier alpha value is -2.93. The summed E-state index contributed by atoms with van der Waals surface area (Å²) >= 11 is 5.85. The summed E-state index contributed by atoms with van der Waals surface area (Å²) < 4.78 is 5.56. The van der Waals surface area contributed by atoms with Crippen LogP contribution in [0.1, 0.15) is 5.69 Å². The first-order valence-electron chi connectivity index (χ1n) is 6.22. The van der Waals surface area contributed by atoms with Gasteiger partial charge in [-0.05, 0) is 29.8 Å². The number of nitrogens with zero attached hydrogens (tertiary/aromatic N) is 2. The zero-order valence-corrected chi connectivity index (χ0v) is 11.8. The van der Waals surface area contributed by atoms with E-state index in [1.807, 2.05) is 18.2 Å². The van der Waals surface area contributed by atoms with Crippen LogP contribution in [-0.4, -0.2) is 21.9 Å². The van der Waals surface area contributed by atoms with Crippen molar-refractivity contribution in [3.05, 3.63) is 53.1 Å². The van der Waals surface area contributed by atoms with Crippen LogP contribution in [0.2, 0.25) is 5.28 Å². The molecule has 0 bridgehead atoms. The van der Waals surface area contributed by atoms with Crippen molar-refractivity contribution in [1.82, 2.24) is 20.6 Å². The van der Waals surface area contributed by atoms with E-state index in [0.717, 1.165) is 0 Å². The van der Waals surface area contributed by atoms with Gasteiger partial charge in [0.05, 0.1) is 5.69 Å². The second kappa shape index (κ2) is 5.82. The van der Waals surface area contributed by atoms with Crippen molar-refractivity contribution in [2.45, 2.75) is 0 Å². The number of hydrogen-bond donors (Lipinski definition) is 2. The lowest BCUT2D eigenvalue weighted by Crippen LogP contribution is -2.22. The smallest absolute Gasteiger partial charge is 0.326 e. The molecule has 22 heavy (non-hydrogen) atoms. The monoisotopic (exact) mass is 316 g/mol. The van der Waals surface area contributed by atoms with Gasteiger partial charge in [0, 0.05) is 6.07 Å². The van der Waals surface area contributed by atoms with Crippen molar-refractivity contribution < 1.29 is 14.3 Å². The van der Waals surface area contributed by atoms with Crippen LogP contribution in [0, 0.1) is 0 Å². The molecule has 2 heterocycles. The van der Waals surface area contributed by atoms with Crippen molar-refractivity contribution in [3.8, 4) is 11.6 Å². The number of ether oxygens (including phenoxy) is 1. The highest BCUT2D eigenvalue weighted by atomic mass is 35.5. The topological polar surface area (TPSA) is 93.2 Å². The third-order valence-corrected chi connectivity index (χ3v) is 2.84. The van der Waals surface area contributed by atoms with E-state index < -0.39 is 11.9 Å². The molecule has 1 aromatic heterocycles. The summed E-state index contributed by atoms with van der Waals surface area (Å²) in [4.78, 5) is 30.5. The predicted molar refractivity (Wildman–Crippen MR) is 78.2 cm³/mol. The first-order valence-corrected chi connectivity index (χ1v) is 6.59. The maximum absolute atomic E-state index is 11.5. The van der Waals surface area contributed by atoms with Gasteiger partial charge < -0.3 is 10.1 Å². The number of rotatable bonds is 3. The molecule has 1 fully saturated rings. The Balaban J connectivity index is 1.89. The fraction of sp³-hybridized carbons (Fsp3) is 0. The predicted octanol–water partition coefficient (Wildman–Crippen LogP) is 2.10. The van der Waals surface area contributed by atoms with Crippen LogP contribution in [0.25, 0.3) is 6.08 Å². The number of aromatic nitrogens is 2. The first-order chi connectivity index (χ1) is 10.6. The summed E-state index contributed by atoms with van der Waals surface area (Å²) in [7, 11) is 0. The van der Waals surface area contributed by atoms with Crippen LogP contribution >= 0.6 is 11.6 Å². The second-order valence-electron chi connectivity index (χ2n) is 4.28. The lowest BCUT2D eigenvalue weighted by molar-refractivity contribution is -0.115. The molecule has 0 saturated carbocycles. The minimum absolute atomic E-state index is 0.0370. The third-order valence-electron chi connectivity index (χ3n) is 2.67. The van der Waals surface area contributed by atoms with E-state index in [1.54, 1.807) is 12.1 Å². The number of para-hydroxylation sites is 1. The highest BCUT2D eigenvalue weighted by Crippen LogP contribution is 2.21. The second-order valence-corrected chi connectivity index (χ2v) is 4.62. The number of hydrogen-bond acceptors (Lipinski definition) is 5. The summed E-state index contributed by atoms with van der Waals surface area (Å²) in [5.41, 5.74) is 0.406. The molecule has 1 saturated heterocycles. The largest absolute Gasteiger partial charge is 0.439 e. The van der Waals surface area contributed by atoms with Gasteiger partial charge in [-0.3, -0.25) is 10.1 Å². The molecule has 2 aromatic rings. The zero-order chi connectivity index (χ0) is 15.5. The average Bonchev–Trinajstić information content (AvgIpc) is 2.77. The Morgan fingerprint density at radius 3 is 2.55 bits per heavy atom. The summed E-state index contributed by atoms with van der Waals surface area (Å²) in [5.74, 6) is 0.274. The molecule has 0 unspecified atom stereocenters. The van der Waals surface area contributed by atoms with Crippen LogP contribution in [-0.2, 0) is 4.79 Å². The van der Waals surface area contributed by atoms with Gasteiger partial charge in [0.2, 0.25) is 11.2 Å². The molecule has 0 atom stereocenters. The molecule has 7 nitrogen and oxygen atoms in total. The summed E-state index contributed by atoms with van der Waals surface area (Å²) in [6.07, 6.45) is 1.38. The molecular formula is C14H9ClN4O3. The van der Waals surface area contributed by atoms with Gasteiger partial charge in [-0.15, -0.1) is 0 Å². The van der Waals surface area contributed by atoms with E-state index in [2.05, 4.69) is 20.6 Å². The Morgan fingerprint density at radius 1 is 1.09 bits per heavy atom. The number of nitrogens with one attached hydrogen (secondary N) is 2. The Labute approximate surface area is 130 Å². The van der Waals surface area contributed by atoms with Crippen molar-refractivity contribution in [2.24, 2.45) is 0 Å². The van der Waals surface area contributed by atoms with Crippen molar-refractivity contribution in [2.75, 3.05) is 0 Å². The highest BCUT2D eigenvalue weighted by molar-refractivity contribution is 6.28. The molecule has 1 aromatic carbocycles. The Kier molecular flexibility index (Phi) is 3.71. The van der Waals surface area contributed by atoms with Crippen LogP contribution < -0.4 is 15.4 Å². The number of benzene rings is 1. The molecule has 1 aliphatic heterocycles. The molecule has 0 radical (unpaired) electrons. The van der Waals surface area contributed by atoms with E-state index in [-0.39, 0.29) is 16.9 Å². The maximum Gasteiger partial charge on any atom is 0.326 e. The maximum atomic E-state index is 11.5. The van der Waals surface area contributed by atoms with Crippen LogP contribution in [0.15, 0.2) is 42.1 Å². The van der Waals surface area contributed by atoms with Crippen molar-refractivity contribution in [3.63, 3.8) is 0 Å². The fourth-order valence-corrected chi connectivity index (χ4v) is 1.96. The lowest BCUT2D eigenvalue weighted by atomic mass is 10.3. The number of carbonyl (C=O) groups is 2. The van der Waals surface area contributed by atoms with Gasteiger partial charge >= 0.3 is 6.03 Å². The van der Waals surface area contributed by atoms with Crippen LogP contribution in [0.4, 0.5) is 4.79 Å². The number of amides is 3. The SMILES string of the molecule is O=C1NC(=O)/C(=C\c2cc(Oc3ccccc3)nc(Cl)n2)N1. The molecule has 0 aliphatic carbocycles. The van der Waals surface area contributed by atoms with Crippen LogP contribution in [0.3, 0.4) is 0 Å². The first kappa shape index (κ1) is 14.0.